The molecule has 1 aliphatic heterocycles. The summed E-state index contributed by atoms with van der Waals surface area (Å²) in [5.74, 6) is 0. The zero-order valence-electron chi connectivity index (χ0n) is 15.2. The highest BCUT2D eigenvalue weighted by molar-refractivity contribution is 7.80. The van der Waals surface area contributed by atoms with E-state index in [9.17, 15) is 0 Å². The van der Waals surface area contributed by atoms with Crippen molar-refractivity contribution in [2.45, 2.75) is 32.0 Å². The van der Waals surface area contributed by atoms with Crippen molar-refractivity contribution < 1.29 is 0 Å². The van der Waals surface area contributed by atoms with Gasteiger partial charge in [-0.05, 0) is 74.6 Å². The number of benzene rings is 1. The van der Waals surface area contributed by atoms with Gasteiger partial charge in [-0.2, -0.15) is 0 Å². The Kier molecular flexibility index (Phi) is 4.89. The van der Waals surface area contributed by atoms with E-state index in [2.05, 4.69) is 51.9 Å². The van der Waals surface area contributed by atoms with Crippen LogP contribution in [-0.4, -0.2) is 14.7 Å². The van der Waals surface area contributed by atoms with Crippen molar-refractivity contribution in [2.75, 3.05) is 4.90 Å². The molecule has 0 aliphatic carbocycles. The third-order valence-electron chi connectivity index (χ3n) is 4.87. The molecule has 1 N–H and O–H groups in total. The molecule has 4 rings (SSSR count). The molecule has 0 bridgehead atoms. The van der Waals surface area contributed by atoms with E-state index in [0.29, 0.717) is 16.2 Å². The Balaban J connectivity index is 1.85. The number of nitrogens with zero attached hydrogens (tertiary/aromatic N) is 3. The highest BCUT2D eigenvalue weighted by Gasteiger charge is 2.42. The lowest BCUT2D eigenvalue weighted by Crippen LogP contribution is -2.30. The lowest BCUT2D eigenvalue weighted by atomic mass is 10.0. The van der Waals surface area contributed by atoms with Crippen molar-refractivity contribution in [3.05, 3.63) is 83.4 Å². The van der Waals surface area contributed by atoms with Crippen molar-refractivity contribution in [2.24, 2.45) is 0 Å². The van der Waals surface area contributed by atoms with Gasteiger partial charge in [0.2, 0.25) is 0 Å². The molecule has 4 nitrogen and oxygen atoms in total. The van der Waals surface area contributed by atoms with Crippen LogP contribution in [0.25, 0.3) is 0 Å². The zero-order chi connectivity index (χ0) is 19.0. The van der Waals surface area contributed by atoms with Crippen molar-refractivity contribution in [3.8, 4) is 0 Å². The molecule has 3 heterocycles. The summed E-state index contributed by atoms with van der Waals surface area (Å²) in [4.78, 5) is 6.76. The molecule has 1 saturated heterocycles. The molecular weight excluding hydrogens is 376 g/mol. The first kappa shape index (κ1) is 18.0. The minimum Gasteiger partial charge on any atom is -0.351 e. The standard InChI is InChI=1S/C21H21ClN4S/c1-14(2)25-13-5-7-18(25)20-19(17-6-3-4-12-23-17)24-21(27)26(20)16-10-8-15(22)9-11-16/h3-14,19-20H,1-2H3,(H,24,27)/t19-,20+/m1/s1. The molecule has 0 saturated carbocycles. The third-order valence-corrected chi connectivity index (χ3v) is 5.44. The third kappa shape index (κ3) is 3.33. The average Bonchev–Trinajstić information content (AvgIpc) is 3.27. The molecule has 1 aliphatic rings. The second-order valence-electron chi connectivity index (χ2n) is 6.91. The van der Waals surface area contributed by atoms with Crippen LogP contribution in [-0.2, 0) is 0 Å². The van der Waals surface area contributed by atoms with Crippen LogP contribution in [0.4, 0.5) is 5.69 Å². The van der Waals surface area contributed by atoms with Crippen molar-refractivity contribution in [1.82, 2.24) is 14.9 Å². The average molecular weight is 397 g/mol. The van der Waals surface area contributed by atoms with Crippen molar-refractivity contribution in [3.63, 3.8) is 0 Å². The van der Waals surface area contributed by atoms with E-state index in [4.69, 9.17) is 23.8 Å². The maximum Gasteiger partial charge on any atom is 0.174 e. The van der Waals surface area contributed by atoms with E-state index < -0.39 is 0 Å². The topological polar surface area (TPSA) is 33.1 Å². The summed E-state index contributed by atoms with van der Waals surface area (Å²) in [5.41, 5.74) is 3.18. The number of aromatic nitrogens is 2. The number of rotatable bonds is 4. The number of halogens is 1. The summed E-state index contributed by atoms with van der Waals surface area (Å²) in [5, 5.41) is 4.88. The SMILES string of the molecule is CC(C)n1cccc1[C@H]1[C@@H](c2ccccn2)NC(=S)N1c1ccc(Cl)cc1. The number of nitrogens with one attached hydrogen (secondary N) is 1. The van der Waals surface area contributed by atoms with Crippen LogP contribution in [0.15, 0.2) is 67.0 Å². The van der Waals surface area contributed by atoms with Crippen LogP contribution in [0.1, 0.15) is 43.4 Å². The van der Waals surface area contributed by atoms with E-state index in [1.54, 1.807) is 0 Å². The molecule has 2 atom stereocenters. The minimum atomic E-state index is -0.0400. The molecule has 0 radical (unpaired) electrons. The summed E-state index contributed by atoms with van der Waals surface area (Å²) >= 11 is 11.8. The molecule has 1 aromatic carbocycles. The van der Waals surface area contributed by atoms with E-state index in [1.165, 1.54) is 5.69 Å². The molecule has 138 valence electrons. The molecule has 3 aromatic rings. The summed E-state index contributed by atoms with van der Waals surface area (Å²) in [7, 11) is 0. The van der Waals surface area contributed by atoms with Gasteiger partial charge in [-0.1, -0.05) is 17.7 Å². The van der Waals surface area contributed by atoms with Crippen molar-refractivity contribution >= 4 is 34.6 Å². The van der Waals surface area contributed by atoms with E-state index in [1.807, 2.05) is 48.7 Å². The Morgan fingerprint density at radius 2 is 1.85 bits per heavy atom. The maximum absolute atomic E-state index is 6.10. The lowest BCUT2D eigenvalue weighted by molar-refractivity contribution is 0.497. The lowest BCUT2D eigenvalue weighted by Gasteiger charge is -2.29. The first-order valence-electron chi connectivity index (χ1n) is 8.99. The van der Waals surface area contributed by atoms with Gasteiger partial charge in [0.05, 0.1) is 11.7 Å². The van der Waals surface area contributed by atoms with Crippen LogP contribution in [0, 0.1) is 0 Å². The molecule has 6 heteroatoms. The minimum absolute atomic E-state index is 0.00836. The first-order chi connectivity index (χ1) is 13.1. The molecular formula is C21H21ClN4S. The smallest absolute Gasteiger partial charge is 0.174 e. The zero-order valence-corrected chi connectivity index (χ0v) is 16.8. The van der Waals surface area contributed by atoms with Gasteiger partial charge in [0.1, 0.15) is 6.04 Å². The fourth-order valence-electron chi connectivity index (χ4n) is 3.66. The van der Waals surface area contributed by atoms with E-state index >= 15 is 0 Å². The van der Waals surface area contributed by atoms with Gasteiger partial charge in [-0.15, -0.1) is 0 Å². The van der Waals surface area contributed by atoms with Gasteiger partial charge in [0.15, 0.2) is 5.11 Å². The van der Waals surface area contributed by atoms with Gasteiger partial charge >= 0.3 is 0 Å². The number of hydrogen-bond acceptors (Lipinski definition) is 2. The number of pyridine rings is 1. The van der Waals surface area contributed by atoms with Gasteiger partial charge in [-0.25, -0.2) is 0 Å². The Hall–Kier alpha value is -2.37. The summed E-state index contributed by atoms with van der Waals surface area (Å²) in [6.07, 6.45) is 3.94. The van der Waals surface area contributed by atoms with Crippen LogP contribution in [0.5, 0.6) is 0 Å². The fraction of sp³-hybridized carbons (Fsp3) is 0.238. The summed E-state index contributed by atoms with van der Waals surface area (Å²) < 4.78 is 2.29. The maximum atomic E-state index is 6.10. The fourth-order valence-corrected chi connectivity index (χ4v) is 4.14. The Bertz CT molecular complexity index is 936. The molecule has 2 aromatic heterocycles. The molecule has 27 heavy (non-hydrogen) atoms. The van der Waals surface area contributed by atoms with Crippen LogP contribution >= 0.6 is 23.8 Å². The monoisotopic (exact) mass is 396 g/mol. The second-order valence-corrected chi connectivity index (χ2v) is 7.73. The number of hydrogen-bond donors (Lipinski definition) is 1. The second kappa shape index (κ2) is 7.33. The van der Waals surface area contributed by atoms with Gasteiger partial charge in [-0.3, -0.25) is 4.98 Å². The highest BCUT2D eigenvalue weighted by atomic mass is 35.5. The number of anilines is 1. The Morgan fingerprint density at radius 3 is 2.52 bits per heavy atom. The number of thiocarbonyl (C=S) groups is 1. The van der Waals surface area contributed by atoms with Gasteiger partial charge < -0.3 is 14.8 Å². The predicted molar refractivity (Wildman–Crippen MR) is 114 cm³/mol. The van der Waals surface area contributed by atoms with Crippen LogP contribution in [0.3, 0.4) is 0 Å². The van der Waals surface area contributed by atoms with E-state index in [0.717, 1.165) is 11.4 Å². The molecule has 0 spiro atoms. The van der Waals surface area contributed by atoms with Crippen molar-refractivity contribution in [1.29, 1.82) is 0 Å². The molecule has 0 amide bonds. The molecule has 1 fully saturated rings. The van der Waals surface area contributed by atoms with Crippen LogP contribution < -0.4 is 10.2 Å². The largest absolute Gasteiger partial charge is 0.351 e. The predicted octanol–water partition coefficient (Wildman–Crippen LogP) is 5.29. The van der Waals surface area contributed by atoms with Crippen LogP contribution in [0.2, 0.25) is 5.02 Å². The normalized spacial score (nSPS) is 19.6. The quantitative estimate of drug-likeness (QED) is 0.607. The highest BCUT2D eigenvalue weighted by Crippen LogP contribution is 2.42. The summed E-state index contributed by atoms with van der Waals surface area (Å²) in [6, 6.07) is 18.3. The summed E-state index contributed by atoms with van der Waals surface area (Å²) in [6.45, 7) is 4.37. The Labute approximate surface area is 169 Å². The first-order valence-corrected chi connectivity index (χ1v) is 9.78. The van der Waals surface area contributed by atoms with Gasteiger partial charge in [0, 0.05) is 34.8 Å². The Morgan fingerprint density at radius 1 is 1.07 bits per heavy atom. The molecule has 0 unspecified atom stereocenters. The van der Waals surface area contributed by atoms with Gasteiger partial charge in [0.25, 0.3) is 0 Å². The van der Waals surface area contributed by atoms with E-state index in [-0.39, 0.29) is 12.1 Å².